The summed E-state index contributed by atoms with van der Waals surface area (Å²) in [6.45, 7) is 8.41. The van der Waals surface area contributed by atoms with E-state index < -0.39 is 0 Å². The molecule has 0 saturated heterocycles. The van der Waals surface area contributed by atoms with Gasteiger partial charge < -0.3 is 0 Å². The Labute approximate surface area is 104 Å². The van der Waals surface area contributed by atoms with Crippen molar-refractivity contribution in [2.24, 2.45) is 5.92 Å². The van der Waals surface area contributed by atoms with Gasteiger partial charge in [0.15, 0.2) is 0 Å². The van der Waals surface area contributed by atoms with Crippen LogP contribution in [0.3, 0.4) is 0 Å². The van der Waals surface area contributed by atoms with Crippen LogP contribution in [-0.4, -0.2) is 0 Å². The Kier molecular flexibility index (Phi) is 12.6. The van der Waals surface area contributed by atoms with Gasteiger partial charge in [-0.3, -0.25) is 0 Å². The summed E-state index contributed by atoms with van der Waals surface area (Å²) < 4.78 is 0. The van der Waals surface area contributed by atoms with Crippen molar-refractivity contribution in [2.75, 3.05) is 0 Å². The summed E-state index contributed by atoms with van der Waals surface area (Å²) in [5, 5.41) is 0. The minimum Gasteiger partial charge on any atom is -0.103 e. The van der Waals surface area contributed by atoms with E-state index in [-0.39, 0.29) is 0 Å². The lowest BCUT2D eigenvalue weighted by molar-refractivity contribution is 0.397. The molecule has 0 spiro atoms. The number of rotatable bonds is 12. The Morgan fingerprint density at radius 1 is 0.875 bits per heavy atom. The number of unbranched alkanes of at least 4 members (excludes halogenated alkanes) is 6. The second-order valence-corrected chi connectivity index (χ2v) is 5.05. The highest BCUT2D eigenvalue weighted by atomic mass is 14.1. The Bertz CT molecular complexity index is 137. The molecule has 0 aromatic carbocycles. The molecule has 0 fully saturated rings. The lowest BCUT2D eigenvalue weighted by Crippen LogP contribution is -1.99. The highest BCUT2D eigenvalue weighted by Crippen LogP contribution is 2.20. The van der Waals surface area contributed by atoms with E-state index in [1.165, 1.54) is 70.6 Å². The molecule has 0 N–H and O–H groups in total. The predicted octanol–water partition coefficient (Wildman–Crippen LogP) is 6.12. The van der Waals surface area contributed by atoms with Gasteiger partial charge in [-0.1, -0.05) is 77.7 Å². The van der Waals surface area contributed by atoms with Crippen molar-refractivity contribution in [1.29, 1.82) is 0 Å². The molecule has 0 rings (SSSR count). The molecule has 96 valence electrons. The minimum absolute atomic E-state index is 1.01. The lowest BCUT2D eigenvalue weighted by atomic mass is 9.92. The molecular formula is C16H32. The van der Waals surface area contributed by atoms with Crippen LogP contribution in [0.1, 0.15) is 84.5 Å². The van der Waals surface area contributed by atoms with Gasteiger partial charge in [0.1, 0.15) is 0 Å². The van der Waals surface area contributed by atoms with E-state index >= 15 is 0 Å². The van der Waals surface area contributed by atoms with Crippen LogP contribution in [0.5, 0.6) is 0 Å². The summed E-state index contributed by atoms with van der Waals surface area (Å²) >= 11 is 0. The molecule has 16 heavy (non-hydrogen) atoms. The van der Waals surface area contributed by atoms with Gasteiger partial charge in [-0.25, -0.2) is 0 Å². The Morgan fingerprint density at radius 3 is 2.06 bits per heavy atom. The number of allylic oxidation sites excluding steroid dienone is 1. The molecule has 0 radical (unpaired) electrons. The standard InChI is InChI=1S/C16H32/c1-4-7-9-10-11-13-15-16(6-3)14-12-8-5-2/h4,16H,1,5-15H2,2-3H3. The highest BCUT2D eigenvalue weighted by molar-refractivity contribution is 4.65. The molecule has 1 unspecified atom stereocenters. The Morgan fingerprint density at radius 2 is 1.50 bits per heavy atom. The predicted molar refractivity (Wildman–Crippen MR) is 75.8 cm³/mol. The van der Waals surface area contributed by atoms with Crippen molar-refractivity contribution >= 4 is 0 Å². The van der Waals surface area contributed by atoms with Gasteiger partial charge in [0.25, 0.3) is 0 Å². The molecular weight excluding hydrogens is 192 g/mol. The van der Waals surface area contributed by atoms with E-state index in [0.29, 0.717) is 0 Å². The average molecular weight is 224 g/mol. The van der Waals surface area contributed by atoms with Crippen LogP contribution in [0.2, 0.25) is 0 Å². The van der Waals surface area contributed by atoms with E-state index in [1.807, 2.05) is 6.08 Å². The fraction of sp³-hybridized carbons (Fsp3) is 0.875. The van der Waals surface area contributed by atoms with Gasteiger partial charge in [-0.15, -0.1) is 6.58 Å². The molecule has 0 aliphatic carbocycles. The van der Waals surface area contributed by atoms with Crippen molar-refractivity contribution in [3.63, 3.8) is 0 Å². The zero-order valence-electron chi connectivity index (χ0n) is 11.6. The molecule has 1 atom stereocenters. The number of hydrogen-bond donors (Lipinski definition) is 0. The maximum Gasteiger partial charge on any atom is -0.0353 e. The van der Waals surface area contributed by atoms with E-state index in [9.17, 15) is 0 Å². The Hall–Kier alpha value is -0.260. The third-order valence-corrected chi connectivity index (χ3v) is 3.56. The molecule has 0 aliphatic rings. The summed E-state index contributed by atoms with van der Waals surface area (Å²) in [5.41, 5.74) is 0. The first kappa shape index (κ1) is 15.7. The summed E-state index contributed by atoms with van der Waals surface area (Å²) in [6.07, 6.45) is 17.4. The molecule has 0 amide bonds. The summed E-state index contributed by atoms with van der Waals surface area (Å²) in [6, 6.07) is 0. The van der Waals surface area contributed by atoms with E-state index in [2.05, 4.69) is 20.4 Å². The minimum atomic E-state index is 1.01. The normalized spacial score (nSPS) is 12.6. The summed E-state index contributed by atoms with van der Waals surface area (Å²) in [7, 11) is 0. The van der Waals surface area contributed by atoms with Gasteiger partial charge >= 0.3 is 0 Å². The second-order valence-electron chi connectivity index (χ2n) is 5.05. The molecule has 0 aromatic heterocycles. The van der Waals surface area contributed by atoms with Crippen LogP contribution < -0.4 is 0 Å². The Balaban J connectivity index is 3.29. The maximum atomic E-state index is 3.76. The van der Waals surface area contributed by atoms with Gasteiger partial charge in [-0.2, -0.15) is 0 Å². The smallest absolute Gasteiger partial charge is 0.0353 e. The third-order valence-electron chi connectivity index (χ3n) is 3.56. The van der Waals surface area contributed by atoms with Crippen LogP contribution in [0, 0.1) is 5.92 Å². The van der Waals surface area contributed by atoms with E-state index in [4.69, 9.17) is 0 Å². The lowest BCUT2D eigenvalue weighted by Gasteiger charge is -2.14. The highest BCUT2D eigenvalue weighted by Gasteiger charge is 2.05. The zero-order valence-corrected chi connectivity index (χ0v) is 11.6. The molecule has 0 heteroatoms. The van der Waals surface area contributed by atoms with Crippen LogP contribution >= 0.6 is 0 Å². The molecule has 0 nitrogen and oxygen atoms in total. The van der Waals surface area contributed by atoms with Gasteiger partial charge in [-0.05, 0) is 18.8 Å². The molecule has 0 saturated carbocycles. The number of hydrogen-bond acceptors (Lipinski definition) is 0. The van der Waals surface area contributed by atoms with Gasteiger partial charge in [0.2, 0.25) is 0 Å². The van der Waals surface area contributed by atoms with Crippen LogP contribution in [-0.2, 0) is 0 Å². The van der Waals surface area contributed by atoms with Gasteiger partial charge in [0.05, 0.1) is 0 Å². The first-order valence-electron chi connectivity index (χ1n) is 7.46. The van der Waals surface area contributed by atoms with Gasteiger partial charge in [0, 0.05) is 0 Å². The zero-order chi connectivity index (χ0) is 12.1. The fourth-order valence-electron chi connectivity index (χ4n) is 2.31. The third kappa shape index (κ3) is 10.3. The first-order chi connectivity index (χ1) is 7.85. The molecule has 0 aliphatic heterocycles. The van der Waals surface area contributed by atoms with Crippen molar-refractivity contribution in [3.05, 3.63) is 12.7 Å². The summed E-state index contributed by atoms with van der Waals surface area (Å²) in [5.74, 6) is 1.01. The largest absolute Gasteiger partial charge is 0.103 e. The quantitative estimate of drug-likeness (QED) is 0.277. The first-order valence-corrected chi connectivity index (χ1v) is 7.46. The molecule has 0 aromatic rings. The van der Waals surface area contributed by atoms with Crippen molar-refractivity contribution in [2.45, 2.75) is 84.5 Å². The van der Waals surface area contributed by atoms with Crippen molar-refractivity contribution < 1.29 is 0 Å². The SMILES string of the molecule is C=CCCCCCCC(CC)CCCCC. The molecule has 0 bridgehead atoms. The topological polar surface area (TPSA) is 0 Å². The second kappa shape index (κ2) is 12.8. The maximum absolute atomic E-state index is 3.76. The summed E-state index contributed by atoms with van der Waals surface area (Å²) in [4.78, 5) is 0. The van der Waals surface area contributed by atoms with Crippen molar-refractivity contribution in [3.8, 4) is 0 Å². The van der Waals surface area contributed by atoms with Crippen LogP contribution in [0.15, 0.2) is 12.7 Å². The average Bonchev–Trinajstić information content (AvgIpc) is 2.31. The van der Waals surface area contributed by atoms with Crippen molar-refractivity contribution in [1.82, 2.24) is 0 Å². The fourth-order valence-corrected chi connectivity index (χ4v) is 2.31. The van der Waals surface area contributed by atoms with E-state index in [0.717, 1.165) is 5.92 Å². The monoisotopic (exact) mass is 224 g/mol. The van der Waals surface area contributed by atoms with Crippen LogP contribution in [0.4, 0.5) is 0 Å². The molecule has 0 heterocycles. The van der Waals surface area contributed by atoms with Crippen LogP contribution in [0.25, 0.3) is 0 Å². The van der Waals surface area contributed by atoms with E-state index in [1.54, 1.807) is 0 Å².